The van der Waals surface area contributed by atoms with Crippen molar-refractivity contribution in [3.63, 3.8) is 0 Å². The Morgan fingerprint density at radius 3 is 2.61 bits per heavy atom. The van der Waals surface area contributed by atoms with Crippen molar-refractivity contribution in [2.24, 2.45) is 5.92 Å². The first-order valence-electron chi connectivity index (χ1n) is 6.33. The van der Waals surface area contributed by atoms with Crippen LogP contribution >= 0.6 is 0 Å². The number of carbonyl (C=O) groups excluding carboxylic acids is 1. The zero-order valence-corrected chi connectivity index (χ0v) is 11.2. The van der Waals surface area contributed by atoms with Crippen LogP contribution in [0.3, 0.4) is 0 Å². The molecule has 1 unspecified atom stereocenters. The van der Waals surface area contributed by atoms with Gasteiger partial charge in [0.25, 0.3) is 5.91 Å². The first kappa shape index (κ1) is 14.5. The van der Waals surface area contributed by atoms with Gasteiger partial charge >= 0.3 is 0 Å². The topological polar surface area (TPSA) is 46.3 Å². The molecule has 2 N–H and O–H groups in total. The van der Waals surface area contributed by atoms with E-state index >= 15 is 0 Å². The summed E-state index contributed by atoms with van der Waals surface area (Å²) >= 11 is 0. The average molecular weight is 252 g/mol. The summed E-state index contributed by atoms with van der Waals surface area (Å²) in [5, 5.41) is 0. The Bertz CT molecular complexity index is 420. The molecule has 100 valence electrons. The van der Waals surface area contributed by atoms with Crippen LogP contribution in [0.4, 0.5) is 10.1 Å². The maximum atomic E-state index is 13.1. The van der Waals surface area contributed by atoms with E-state index < -0.39 is 5.82 Å². The Morgan fingerprint density at radius 1 is 1.44 bits per heavy atom. The van der Waals surface area contributed by atoms with E-state index in [1.54, 1.807) is 4.90 Å². The summed E-state index contributed by atoms with van der Waals surface area (Å²) in [6, 6.07) is 4.11. The van der Waals surface area contributed by atoms with E-state index in [9.17, 15) is 9.18 Å². The van der Waals surface area contributed by atoms with Gasteiger partial charge in [0.05, 0.1) is 5.69 Å². The molecular formula is C14H21FN2O. The second-order valence-electron chi connectivity index (χ2n) is 4.59. The Balaban J connectivity index is 2.86. The number of nitrogen functional groups attached to an aromatic ring is 1. The Hall–Kier alpha value is -1.58. The fraction of sp³-hybridized carbons (Fsp3) is 0.500. The van der Waals surface area contributed by atoms with Crippen molar-refractivity contribution in [2.75, 3.05) is 18.8 Å². The normalized spacial score (nSPS) is 12.2. The highest BCUT2D eigenvalue weighted by atomic mass is 19.1. The number of amides is 1. The minimum absolute atomic E-state index is 0.0143. The van der Waals surface area contributed by atoms with E-state index in [1.807, 2.05) is 6.92 Å². The Labute approximate surface area is 108 Å². The van der Waals surface area contributed by atoms with Crippen LogP contribution in [0.25, 0.3) is 0 Å². The van der Waals surface area contributed by atoms with Crippen molar-refractivity contribution in [3.05, 3.63) is 29.6 Å². The molecule has 1 aromatic rings. The summed E-state index contributed by atoms with van der Waals surface area (Å²) in [4.78, 5) is 14.0. The van der Waals surface area contributed by atoms with Gasteiger partial charge in [-0.25, -0.2) is 4.39 Å². The van der Waals surface area contributed by atoms with Crippen molar-refractivity contribution in [1.82, 2.24) is 4.90 Å². The number of nitrogens with zero attached hydrogens (tertiary/aromatic N) is 1. The molecule has 4 heteroatoms. The fourth-order valence-electron chi connectivity index (χ4n) is 1.72. The summed E-state index contributed by atoms with van der Waals surface area (Å²) < 4.78 is 13.1. The molecule has 1 rings (SSSR count). The zero-order valence-electron chi connectivity index (χ0n) is 11.2. The van der Waals surface area contributed by atoms with Crippen LogP contribution in [0.1, 0.15) is 37.6 Å². The van der Waals surface area contributed by atoms with Gasteiger partial charge in [0.1, 0.15) is 5.82 Å². The first-order valence-corrected chi connectivity index (χ1v) is 6.33. The lowest BCUT2D eigenvalue weighted by Gasteiger charge is -2.24. The van der Waals surface area contributed by atoms with Crippen LogP contribution in [-0.4, -0.2) is 23.9 Å². The van der Waals surface area contributed by atoms with Crippen molar-refractivity contribution >= 4 is 11.6 Å². The largest absolute Gasteiger partial charge is 0.396 e. The second-order valence-corrected chi connectivity index (χ2v) is 4.59. The van der Waals surface area contributed by atoms with Gasteiger partial charge in [0.15, 0.2) is 0 Å². The number of halogens is 1. The summed E-state index contributed by atoms with van der Waals surface area (Å²) in [6.45, 7) is 7.49. The van der Waals surface area contributed by atoms with Crippen LogP contribution in [0.15, 0.2) is 18.2 Å². The molecule has 3 nitrogen and oxygen atoms in total. The maximum Gasteiger partial charge on any atom is 0.253 e. The highest BCUT2D eigenvalue weighted by Gasteiger charge is 2.16. The van der Waals surface area contributed by atoms with Crippen LogP contribution in [0.2, 0.25) is 0 Å². The summed E-state index contributed by atoms with van der Waals surface area (Å²) in [5.41, 5.74) is 5.94. The number of hydrogen-bond donors (Lipinski definition) is 1. The highest BCUT2D eigenvalue weighted by Crippen LogP contribution is 2.15. The first-order chi connectivity index (χ1) is 8.49. The molecule has 0 spiro atoms. The van der Waals surface area contributed by atoms with Gasteiger partial charge in [0, 0.05) is 18.7 Å². The SMILES string of the molecule is CCC(C)CN(CC)C(=O)c1ccc(F)c(N)c1. The molecule has 1 atom stereocenters. The summed E-state index contributed by atoms with van der Waals surface area (Å²) in [6.07, 6.45) is 1.02. The van der Waals surface area contributed by atoms with E-state index in [1.165, 1.54) is 18.2 Å². The number of hydrogen-bond acceptors (Lipinski definition) is 2. The highest BCUT2D eigenvalue weighted by molar-refractivity contribution is 5.95. The van der Waals surface area contributed by atoms with Gasteiger partial charge in [-0.15, -0.1) is 0 Å². The number of anilines is 1. The van der Waals surface area contributed by atoms with E-state index in [4.69, 9.17) is 5.73 Å². The summed E-state index contributed by atoms with van der Waals surface area (Å²) in [7, 11) is 0. The molecule has 0 aromatic heterocycles. The van der Waals surface area contributed by atoms with E-state index in [2.05, 4.69) is 13.8 Å². The molecule has 0 aliphatic heterocycles. The van der Waals surface area contributed by atoms with Crippen molar-refractivity contribution in [2.45, 2.75) is 27.2 Å². The van der Waals surface area contributed by atoms with Crippen molar-refractivity contribution < 1.29 is 9.18 Å². The molecule has 1 amide bonds. The van der Waals surface area contributed by atoms with Crippen LogP contribution < -0.4 is 5.73 Å². The molecule has 0 aliphatic carbocycles. The van der Waals surface area contributed by atoms with Crippen molar-refractivity contribution in [3.8, 4) is 0 Å². The Morgan fingerprint density at radius 2 is 2.11 bits per heavy atom. The van der Waals surface area contributed by atoms with E-state index in [0.717, 1.165) is 6.42 Å². The number of nitrogens with two attached hydrogens (primary N) is 1. The predicted molar refractivity (Wildman–Crippen MR) is 71.8 cm³/mol. The van der Waals surface area contributed by atoms with Gasteiger partial charge < -0.3 is 10.6 Å². The number of rotatable bonds is 5. The molecule has 1 aromatic carbocycles. The molecular weight excluding hydrogens is 231 g/mol. The zero-order chi connectivity index (χ0) is 13.7. The minimum Gasteiger partial charge on any atom is -0.396 e. The predicted octanol–water partition coefficient (Wildman–Crippen LogP) is 2.92. The van der Waals surface area contributed by atoms with Crippen molar-refractivity contribution in [1.29, 1.82) is 0 Å². The van der Waals surface area contributed by atoms with E-state index in [-0.39, 0.29) is 11.6 Å². The van der Waals surface area contributed by atoms with Crippen LogP contribution in [0, 0.1) is 11.7 Å². The van der Waals surface area contributed by atoms with Crippen LogP contribution in [-0.2, 0) is 0 Å². The lowest BCUT2D eigenvalue weighted by Crippen LogP contribution is -2.34. The summed E-state index contributed by atoms with van der Waals surface area (Å²) in [5.74, 6) is -0.132. The Kier molecular flexibility index (Phi) is 5.13. The molecule has 0 saturated heterocycles. The standard InChI is InChI=1S/C14H21FN2O/c1-4-10(3)9-17(5-2)14(18)11-6-7-12(15)13(16)8-11/h6-8,10H,4-5,9,16H2,1-3H3. The minimum atomic E-state index is -0.489. The smallest absolute Gasteiger partial charge is 0.253 e. The fourth-order valence-corrected chi connectivity index (χ4v) is 1.72. The molecule has 0 fully saturated rings. The lowest BCUT2D eigenvalue weighted by molar-refractivity contribution is 0.0741. The quantitative estimate of drug-likeness (QED) is 0.819. The third-order valence-corrected chi connectivity index (χ3v) is 3.14. The average Bonchev–Trinajstić information content (AvgIpc) is 2.38. The second kappa shape index (κ2) is 6.38. The van der Waals surface area contributed by atoms with Gasteiger partial charge in [0.2, 0.25) is 0 Å². The molecule has 0 aliphatic rings. The van der Waals surface area contributed by atoms with E-state index in [0.29, 0.717) is 24.6 Å². The molecule has 0 saturated carbocycles. The number of carbonyl (C=O) groups is 1. The van der Waals surface area contributed by atoms with Gasteiger partial charge in [-0.1, -0.05) is 20.3 Å². The lowest BCUT2D eigenvalue weighted by atomic mass is 10.1. The molecule has 0 heterocycles. The molecule has 0 bridgehead atoms. The molecule has 18 heavy (non-hydrogen) atoms. The number of benzene rings is 1. The van der Waals surface area contributed by atoms with Gasteiger partial charge in [-0.3, -0.25) is 4.79 Å². The molecule has 0 radical (unpaired) electrons. The third-order valence-electron chi connectivity index (χ3n) is 3.14. The maximum absolute atomic E-state index is 13.1. The monoisotopic (exact) mass is 252 g/mol. The third kappa shape index (κ3) is 3.45. The van der Waals surface area contributed by atoms with Crippen LogP contribution in [0.5, 0.6) is 0 Å². The van der Waals surface area contributed by atoms with Gasteiger partial charge in [-0.2, -0.15) is 0 Å². The van der Waals surface area contributed by atoms with Gasteiger partial charge in [-0.05, 0) is 31.0 Å².